The van der Waals surface area contributed by atoms with Gasteiger partial charge in [-0.15, -0.1) is 0 Å². The Labute approximate surface area is 139 Å². The summed E-state index contributed by atoms with van der Waals surface area (Å²) in [5.74, 6) is -1.32. The Morgan fingerprint density at radius 3 is 2.33 bits per heavy atom. The van der Waals surface area contributed by atoms with Crippen LogP contribution in [0.5, 0.6) is 0 Å². The summed E-state index contributed by atoms with van der Waals surface area (Å²) in [7, 11) is 0. The maximum absolute atomic E-state index is 13.0. The number of amides is 2. The molecule has 1 saturated heterocycles. The predicted octanol–water partition coefficient (Wildman–Crippen LogP) is 1.83. The Bertz CT molecular complexity index is 672. The number of carbonyl (C=O) groups is 2. The first-order valence-electron chi connectivity index (χ1n) is 7.65. The van der Waals surface area contributed by atoms with Gasteiger partial charge in [-0.3, -0.25) is 9.59 Å². The zero-order valence-electron chi connectivity index (χ0n) is 13.1. The Kier molecular flexibility index (Phi) is 5.86. The summed E-state index contributed by atoms with van der Waals surface area (Å²) in [4.78, 5) is 27.7. The highest BCUT2D eigenvalue weighted by molar-refractivity contribution is 6.00. The van der Waals surface area contributed by atoms with E-state index in [0.29, 0.717) is 5.69 Å². The molecule has 1 fully saturated rings. The van der Waals surface area contributed by atoms with Crippen molar-refractivity contribution in [3.8, 4) is 12.1 Å². The molecule has 0 spiro atoms. The molecule has 1 aliphatic heterocycles. The standard InChI is InChI=1S/C17H17FN4O2/c18-14-3-5-15(6-4-14)22-12-13(11-16(22)23)17(24)21(9-1-7-19)10-2-8-20/h3-6,13H,1-2,9-12H2/t13-/m1/s1. The van der Waals surface area contributed by atoms with Gasteiger partial charge < -0.3 is 9.80 Å². The second-order valence-corrected chi connectivity index (χ2v) is 5.52. The fraction of sp³-hybridized carbons (Fsp3) is 0.412. The van der Waals surface area contributed by atoms with E-state index in [1.807, 2.05) is 12.1 Å². The lowest BCUT2D eigenvalue weighted by atomic mass is 10.1. The minimum absolute atomic E-state index is 0.0752. The van der Waals surface area contributed by atoms with Crippen LogP contribution in [0.25, 0.3) is 0 Å². The average Bonchev–Trinajstić information content (AvgIpc) is 2.97. The summed E-state index contributed by atoms with van der Waals surface area (Å²) in [5, 5.41) is 17.4. The summed E-state index contributed by atoms with van der Waals surface area (Å²) in [6, 6.07) is 9.50. The molecule has 124 valence electrons. The van der Waals surface area contributed by atoms with Gasteiger partial charge in [0.05, 0.1) is 30.9 Å². The van der Waals surface area contributed by atoms with E-state index >= 15 is 0 Å². The molecule has 0 radical (unpaired) electrons. The van der Waals surface area contributed by atoms with Gasteiger partial charge in [-0.25, -0.2) is 4.39 Å². The monoisotopic (exact) mass is 328 g/mol. The van der Waals surface area contributed by atoms with Crippen LogP contribution in [0, 0.1) is 34.4 Å². The van der Waals surface area contributed by atoms with Crippen molar-refractivity contribution >= 4 is 17.5 Å². The van der Waals surface area contributed by atoms with Crippen LogP contribution in [0.4, 0.5) is 10.1 Å². The molecule has 1 heterocycles. The van der Waals surface area contributed by atoms with E-state index in [-0.39, 0.29) is 50.7 Å². The molecule has 1 atom stereocenters. The molecule has 0 aliphatic carbocycles. The summed E-state index contributed by atoms with van der Waals surface area (Å²) in [5.41, 5.74) is 0.553. The van der Waals surface area contributed by atoms with Crippen LogP contribution in [0.15, 0.2) is 24.3 Å². The van der Waals surface area contributed by atoms with Crippen LogP contribution in [-0.2, 0) is 9.59 Å². The van der Waals surface area contributed by atoms with Gasteiger partial charge in [0.2, 0.25) is 11.8 Å². The van der Waals surface area contributed by atoms with E-state index in [2.05, 4.69) is 0 Å². The lowest BCUT2D eigenvalue weighted by molar-refractivity contribution is -0.135. The van der Waals surface area contributed by atoms with E-state index in [4.69, 9.17) is 10.5 Å². The Balaban J connectivity index is 2.07. The second kappa shape index (κ2) is 8.07. The van der Waals surface area contributed by atoms with E-state index in [1.54, 1.807) is 0 Å². The fourth-order valence-electron chi connectivity index (χ4n) is 2.70. The molecule has 2 amide bonds. The third-order valence-corrected chi connectivity index (χ3v) is 3.91. The highest BCUT2D eigenvalue weighted by atomic mass is 19.1. The van der Waals surface area contributed by atoms with Gasteiger partial charge in [-0.1, -0.05) is 0 Å². The summed E-state index contributed by atoms with van der Waals surface area (Å²) in [6.45, 7) is 0.718. The molecule has 7 heteroatoms. The third kappa shape index (κ3) is 4.08. The highest BCUT2D eigenvalue weighted by Crippen LogP contribution is 2.26. The first-order chi connectivity index (χ1) is 11.6. The number of hydrogen-bond donors (Lipinski definition) is 0. The van der Waals surface area contributed by atoms with Crippen LogP contribution in [0.3, 0.4) is 0 Å². The minimum Gasteiger partial charge on any atom is -0.340 e. The van der Waals surface area contributed by atoms with Crippen molar-refractivity contribution in [2.45, 2.75) is 19.3 Å². The number of nitrogens with zero attached hydrogens (tertiary/aromatic N) is 4. The third-order valence-electron chi connectivity index (χ3n) is 3.91. The van der Waals surface area contributed by atoms with Crippen molar-refractivity contribution in [3.63, 3.8) is 0 Å². The molecule has 0 saturated carbocycles. The van der Waals surface area contributed by atoms with Gasteiger partial charge in [-0.2, -0.15) is 10.5 Å². The molecule has 0 unspecified atom stereocenters. The lowest BCUT2D eigenvalue weighted by Crippen LogP contribution is -2.38. The van der Waals surface area contributed by atoms with E-state index in [0.717, 1.165) is 0 Å². The number of carbonyl (C=O) groups excluding carboxylic acids is 2. The van der Waals surface area contributed by atoms with Gasteiger partial charge in [0.15, 0.2) is 0 Å². The van der Waals surface area contributed by atoms with Gasteiger partial charge in [0.25, 0.3) is 0 Å². The minimum atomic E-state index is -0.514. The van der Waals surface area contributed by atoms with Crippen LogP contribution in [0.1, 0.15) is 19.3 Å². The summed E-state index contributed by atoms with van der Waals surface area (Å²) >= 11 is 0. The Hall–Kier alpha value is -2.93. The second-order valence-electron chi connectivity index (χ2n) is 5.52. The van der Waals surface area contributed by atoms with Crippen LogP contribution in [0.2, 0.25) is 0 Å². The molecule has 0 N–H and O–H groups in total. The largest absolute Gasteiger partial charge is 0.340 e. The number of rotatable bonds is 6. The van der Waals surface area contributed by atoms with Gasteiger partial charge >= 0.3 is 0 Å². The van der Waals surface area contributed by atoms with Crippen molar-refractivity contribution in [2.24, 2.45) is 5.92 Å². The first-order valence-corrected chi connectivity index (χ1v) is 7.65. The van der Waals surface area contributed by atoms with Crippen molar-refractivity contribution in [1.29, 1.82) is 10.5 Å². The molecule has 0 aromatic heterocycles. The number of anilines is 1. The van der Waals surface area contributed by atoms with Crippen molar-refractivity contribution in [1.82, 2.24) is 4.90 Å². The molecule has 0 bridgehead atoms. The molecule has 24 heavy (non-hydrogen) atoms. The number of halogens is 1. The van der Waals surface area contributed by atoms with Crippen molar-refractivity contribution < 1.29 is 14.0 Å². The molecule has 1 aliphatic rings. The first kappa shape index (κ1) is 17.4. The van der Waals surface area contributed by atoms with Crippen molar-refractivity contribution in [3.05, 3.63) is 30.1 Å². The maximum Gasteiger partial charge on any atom is 0.228 e. The van der Waals surface area contributed by atoms with Gasteiger partial charge in [0, 0.05) is 31.7 Å². The fourth-order valence-corrected chi connectivity index (χ4v) is 2.70. The SMILES string of the molecule is N#CCCN(CCC#N)C(=O)[C@@H]1CC(=O)N(c2ccc(F)cc2)C1. The smallest absolute Gasteiger partial charge is 0.228 e. The van der Waals surface area contributed by atoms with E-state index in [9.17, 15) is 14.0 Å². The quantitative estimate of drug-likeness (QED) is 0.797. The van der Waals surface area contributed by atoms with E-state index < -0.39 is 11.7 Å². The summed E-state index contributed by atoms with van der Waals surface area (Å²) < 4.78 is 13.0. The lowest BCUT2D eigenvalue weighted by Gasteiger charge is -2.24. The summed E-state index contributed by atoms with van der Waals surface area (Å²) in [6.07, 6.45) is 0.435. The molecule has 1 aromatic carbocycles. The number of nitriles is 2. The molecular weight excluding hydrogens is 311 g/mol. The van der Waals surface area contributed by atoms with Crippen molar-refractivity contribution in [2.75, 3.05) is 24.5 Å². The molecule has 6 nitrogen and oxygen atoms in total. The predicted molar refractivity (Wildman–Crippen MR) is 83.9 cm³/mol. The zero-order chi connectivity index (χ0) is 17.5. The zero-order valence-corrected chi connectivity index (χ0v) is 13.1. The van der Waals surface area contributed by atoms with Gasteiger partial charge in [-0.05, 0) is 24.3 Å². The van der Waals surface area contributed by atoms with Crippen LogP contribution in [-0.4, -0.2) is 36.3 Å². The normalized spacial score (nSPS) is 16.5. The average molecular weight is 328 g/mol. The van der Waals surface area contributed by atoms with Crippen LogP contribution < -0.4 is 4.90 Å². The van der Waals surface area contributed by atoms with Crippen LogP contribution >= 0.6 is 0 Å². The van der Waals surface area contributed by atoms with E-state index in [1.165, 1.54) is 34.1 Å². The number of hydrogen-bond acceptors (Lipinski definition) is 4. The maximum atomic E-state index is 13.0. The molecular formula is C17H17FN4O2. The Morgan fingerprint density at radius 1 is 1.21 bits per heavy atom. The topological polar surface area (TPSA) is 88.2 Å². The number of benzene rings is 1. The highest BCUT2D eigenvalue weighted by Gasteiger charge is 2.37. The van der Waals surface area contributed by atoms with Gasteiger partial charge in [0.1, 0.15) is 5.82 Å². The molecule has 1 aromatic rings. The Morgan fingerprint density at radius 2 is 1.79 bits per heavy atom. The molecule has 2 rings (SSSR count).